The van der Waals surface area contributed by atoms with Crippen molar-refractivity contribution in [1.29, 1.82) is 5.41 Å². The van der Waals surface area contributed by atoms with Crippen molar-refractivity contribution in [1.82, 2.24) is 4.98 Å². The predicted octanol–water partition coefficient (Wildman–Crippen LogP) is 2.94. The summed E-state index contributed by atoms with van der Waals surface area (Å²) in [6, 6.07) is 4.19. The van der Waals surface area contributed by atoms with Crippen LogP contribution in [0.15, 0.2) is 22.9 Å². The molecule has 0 spiro atoms. The molecule has 0 radical (unpaired) electrons. The molecule has 110 valence electrons. The van der Waals surface area contributed by atoms with Gasteiger partial charge in [0.2, 0.25) is 0 Å². The second kappa shape index (κ2) is 5.85. The van der Waals surface area contributed by atoms with Gasteiger partial charge in [0.15, 0.2) is 0 Å². The Hall–Kier alpha value is -1.88. The van der Waals surface area contributed by atoms with Gasteiger partial charge in [-0.05, 0) is 59.7 Å². The highest BCUT2D eigenvalue weighted by molar-refractivity contribution is 7.07. The maximum Gasteiger partial charge on any atom is 0.139 e. The summed E-state index contributed by atoms with van der Waals surface area (Å²) in [5.74, 6) is 0.928. The monoisotopic (exact) mass is 300 g/mol. The second-order valence-corrected chi connectivity index (χ2v) is 6.35. The summed E-state index contributed by atoms with van der Waals surface area (Å²) in [5.41, 5.74) is 10.2. The van der Waals surface area contributed by atoms with Crippen LogP contribution in [0.3, 0.4) is 0 Å². The highest BCUT2D eigenvalue weighted by Crippen LogP contribution is 2.27. The number of rotatable bonds is 4. The van der Waals surface area contributed by atoms with E-state index in [2.05, 4.69) is 27.8 Å². The van der Waals surface area contributed by atoms with Crippen LogP contribution in [0.2, 0.25) is 0 Å². The number of aryl methyl sites for hydroxylation is 2. The van der Waals surface area contributed by atoms with Crippen molar-refractivity contribution in [3.05, 3.63) is 45.3 Å². The number of nitrogen functional groups attached to an aromatic ring is 1. The van der Waals surface area contributed by atoms with E-state index in [0.29, 0.717) is 0 Å². The lowest BCUT2D eigenvalue weighted by atomic mass is 9.94. The number of nitrogens with zero attached hydrogens (tertiary/aromatic N) is 2. The van der Waals surface area contributed by atoms with Gasteiger partial charge in [0.05, 0.1) is 5.56 Å². The largest absolute Gasteiger partial charge is 0.384 e. The highest BCUT2D eigenvalue weighted by atomic mass is 32.1. The van der Waals surface area contributed by atoms with Crippen molar-refractivity contribution >= 4 is 23.0 Å². The summed E-state index contributed by atoms with van der Waals surface area (Å²) in [4.78, 5) is 6.91. The average Bonchev–Trinajstić information content (AvgIpc) is 2.98. The lowest BCUT2D eigenvalue weighted by Gasteiger charge is -2.24. The number of nitrogens with two attached hydrogens (primary N) is 1. The first-order chi connectivity index (χ1) is 10.1. The molecular formula is C16H20N4S. The van der Waals surface area contributed by atoms with Crippen LogP contribution in [-0.4, -0.2) is 17.9 Å². The molecule has 2 aromatic rings. The third kappa shape index (κ3) is 2.93. The Morgan fingerprint density at radius 3 is 2.95 bits per heavy atom. The number of anilines is 1. The van der Waals surface area contributed by atoms with E-state index in [4.69, 9.17) is 16.1 Å². The zero-order valence-corrected chi connectivity index (χ0v) is 13.0. The van der Waals surface area contributed by atoms with E-state index in [1.54, 1.807) is 11.3 Å². The molecule has 1 aliphatic carbocycles. The average molecular weight is 300 g/mol. The van der Waals surface area contributed by atoms with Gasteiger partial charge in [-0.15, -0.1) is 0 Å². The Bertz CT molecular complexity index is 649. The predicted molar refractivity (Wildman–Crippen MR) is 88.3 cm³/mol. The fourth-order valence-electron chi connectivity index (χ4n) is 2.84. The normalized spacial score (nSPS) is 13.8. The summed E-state index contributed by atoms with van der Waals surface area (Å²) in [6.07, 6.45) is 4.49. The molecular weight excluding hydrogens is 280 g/mol. The number of hydrogen-bond acceptors (Lipinski definition) is 4. The first-order valence-corrected chi connectivity index (χ1v) is 8.19. The molecule has 0 amide bonds. The van der Waals surface area contributed by atoms with Gasteiger partial charge in [-0.25, -0.2) is 4.98 Å². The number of thiophene rings is 1. The van der Waals surface area contributed by atoms with Crippen LogP contribution < -0.4 is 10.6 Å². The Balaban J connectivity index is 1.97. The molecule has 1 aliphatic rings. The van der Waals surface area contributed by atoms with Crippen LogP contribution in [0.1, 0.15) is 35.2 Å². The van der Waals surface area contributed by atoms with Gasteiger partial charge in [-0.3, -0.25) is 5.41 Å². The van der Waals surface area contributed by atoms with Crippen molar-refractivity contribution in [2.24, 2.45) is 5.73 Å². The molecule has 0 bridgehead atoms. The second-order valence-electron chi connectivity index (χ2n) is 5.57. The maximum atomic E-state index is 7.85. The Morgan fingerprint density at radius 2 is 2.24 bits per heavy atom. The minimum atomic E-state index is 0.100. The third-order valence-electron chi connectivity index (χ3n) is 3.93. The zero-order chi connectivity index (χ0) is 14.8. The Morgan fingerprint density at radius 1 is 1.43 bits per heavy atom. The lowest BCUT2D eigenvalue weighted by molar-refractivity contribution is 0.665. The number of hydrogen-bond donors (Lipinski definition) is 2. The van der Waals surface area contributed by atoms with Gasteiger partial charge in [0.1, 0.15) is 11.7 Å². The van der Waals surface area contributed by atoms with E-state index < -0.39 is 0 Å². The first kappa shape index (κ1) is 14.1. The fourth-order valence-corrected chi connectivity index (χ4v) is 3.50. The van der Waals surface area contributed by atoms with Crippen LogP contribution in [-0.2, 0) is 19.4 Å². The van der Waals surface area contributed by atoms with Crippen molar-refractivity contribution in [2.75, 3.05) is 11.9 Å². The summed E-state index contributed by atoms with van der Waals surface area (Å²) in [5, 5.41) is 12.1. The molecule has 0 unspecified atom stereocenters. The van der Waals surface area contributed by atoms with Gasteiger partial charge in [-0.1, -0.05) is 0 Å². The van der Waals surface area contributed by atoms with Crippen LogP contribution in [0.25, 0.3) is 0 Å². The fraction of sp³-hybridized carbons (Fsp3) is 0.375. The topological polar surface area (TPSA) is 66.0 Å². The van der Waals surface area contributed by atoms with E-state index in [1.165, 1.54) is 29.7 Å². The first-order valence-electron chi connectivity index (χ1n) is 7.24. The number of amidine groups is 1. The molecule has 0 atom stereocenters. The molecule has 4 nitrogen and oxygen atoms in total. The van der Waals surface area contributed by atoms with E-state index in [9.17, 15) is 0 Å². The summed E-state index contributed by atoms with van der Waals surface area (Å²) < 4.78 is 0. The van der Waals surface area contributed by atoms with Crippen LogP contribution in [0.4, 0.5) is 5.82 Å². The minimum absolute atomic E-state index is 0.100. The van der Waals surface area contributed by atoms with Gasteiger partial charge < -0.3 is 10.6 Å². The number of nitrogens with one attached hydrogen (secondary N) is 1. The summed E-state index contributed by atoms with van der Waals surface area (Å²) in [7, 11) is 2.02. The molecule has 5 heteroatoms. The van der Waals surface area contributed by atoms with Gasteiger partial charge >= 0.3 is 0 Å². The standard InChI is InChI=1S/C16H20N4S/c1-20(9-11-6-7-21-10-11)16-13(15(17)18)8-12-4-2-3-5-14(12)19-16/h6-8,10H,2-5,9H2,1H3,(H3,17,18). The lowest BCUT2D eigenvalue weighted by Crippen LogP contribution is -2.25. The smallest absolute Gasteiger partial charge is 0.139 e. The SMILES string of the molecule is CN(Cc1ccsc1)c1nc2c(cc1C(=N)N)CCCC2. The summed E-state index contributed by atoms with van der Waals surface area (Å²) >= 11 is 1.70. The Kier molecular flexibility index (Phi) is 3.92. The van der Waals surface area contributed by atoms with Crippen LogP contribution in [0.5, 0.6) is 0 Å². The molecule has 0 saturated carbocycles. The quantitative estimate of drug-likeness (QED) is 0.674. The molecule has 2 heterocycles. The molecule has 0 fully saturated rings. The van der Waals surface area contributed by atoms with E-state index in [0.717, 1.165) is 30.8 Å². The Labute approximate surface area is 129 Å². The van der Waals surface area contributed by atoms with Gasteiger partial charge in [0, 0.05) is 19.3 Å². The molecule has 0 aromatic carbocycles. The van der Waals surface area contributed by atoms with Crippen molar-refractivity contribution in [3.8, 4) is 0 Å². The highest BCUT2D eigenvalue weighted by Gasteiger charge is 2.19. The molecule has 3 rings (SSSR count). The van der Waals surface area contributed by atoms with Crippen LogP contribution >= 0.6 is 11.3 Å². The number of fused-ring (bicyclic) bond motifs is 1. The van der Waals surface area contributed by atoms with Gasteiger partial charge in [-0.2, -0.15) is 11.3 Å². The molecule has 0 saturated heterocycles. The zero-order valence-electron chi connectivity index (χ0n) is 12.2. The van der Waals surface area contributed by atoms with E-state index >= 15 is 0 Å². The van der Waals surface area contributed by atoms with Crippen molar-refractivity contribution in [2.45, 2.75) is 32.2 Å². The molecule has 21 heavy (non-hydrogen) atoms. The van der Waals surface area contributed by atoms with E-state index in [1.807, 2.05) is 7.05 Å². The minimum Gasteiger partial charge on any atom is -0.384 e. The van der Waals surface area contributed by atoms with Crippen LogP contribution in [0, 0.1) is 5.41 Å². The number of aromatic nitrogens is 1. The van der Waals surface area contributed by atoms with E-state index in [-0.39, 0.29) is 5.84 Å². The van der Waals surface area contributed by atoms with Crippen molar-refractivity contribution in [3.63, 3.8) is 0 Å². The molecule has 0 aliphatic heterocycles. The summed E-state index contributed by atoms with van der Waals surface area (Å²) in [6.45, 7) is 0.787. The number of pyridine rings is 1. The van der Waals surface area contributed by atoms with Crippen molar-refractivity contribution < 1.29 is 0 Å². The molecule has 2 aromatic heterocycles. The maximum absolute atomic E-state index is 7.85. The molecule has 3 N–H and O–H groups in total. The third-order valence-corrected chi connectivity index (χ3v) is 4.66. The van der Waals surface area contributed by atoms with Gasteiger partial charge in [0.25, 0.3) is 0 Å².